The SMILES string of the molecule is COc1cc(N=Cc2ccccc2Br)cc(OC)c1OC. The summed E-state index contributed by atoms with van der Waals surface area (Å²) in [5, 5.41) is 0. The van der Waals surface area contributed by atoms with E-state index in [2.05, 4.69) is 20.9 Å². The van der Waals surface area contributed by atoms with Gasteiger partial charge in [0.25, 0.3) is 0 Å². The first-order chi connectivity index (χ1) is 10.2. The van der Waals surface area contributed by atoms with Crippen molar-refractivity contribution in [3.05, 3.63) is 46.4 Å². The molecule has 0 spiro atoms. The van der Waals surface area contributed by atoms with Crippen molar-refractivity contribution in [3.63, 3.8) is 0 Å². The van der Waals surface area contributed by atoms with Gasteiger partial charge in [0.1, 0.15) is 0 Å². The monoisotopic (exact) mass is 349 g/mol. The molecule has 110 valence electrons. The van der Waals surface area contributed by atoms with E-state index in [0.29, 0.717) is 17.2 Å². The first kappa shape index (κ1) is 15.4. The average Bonchev–Trinajstić information content (AvgIpc) is 2.52. The Morgan fingerprint density at radius 2 is 1.57 bits per heavy atom. The average molecular weight is 350 g/mol. The summed E-state index contributed by atoms with van der Waals surface area (Å²) in [4.78, 5) is 4.46. The normalized spacial score (nSPS) is 10.7. The number of aliphatic imine (C=N–C) groups is 1. The molecule has 0 bridgehead atoms. The zero-order valence-corrected chi connectivity index (χ0v) is 13.7. The Labute approximate surface area is 132 Å². The lowest BCUT2D eigenvalue weighted by Crippen LogP contribution is -1.94. The van der Waals surface area contributed by atoms with E-state index in [4.69, 9.17) is 14.2 Å². The van der Waals surface area contributed by atoms with E-state index in [1.165, 1.54) is 0 Å². The lowest BCUT2D eigenvalue weighted by molar-refractivity contribution is 0.324. The van der Waals surface area contributed by atoms with Gasteiger partial charge in [-0.1, -0.05) is 34.1 Å². The van der Waals surface area contributed by atoms with Crippen molar-refractivity contribution in [1.82, 2.24) is 0 Å². The van der Waals surface area contributed by atoms with E-state index in [9.17, 15) is 0 Å². The predicted molar refractivity (Wildman–Crippen MR) is 87.5 cm³/mol. The molecule has 0 unspecified atom stereocenters. The van der Waals surface area contributed by atoms with Crippen LogP contribution in [0, 0.1) is 0 Å². The van der Waals surface area contributed by atoms with Gasteiger partial charge in [-0.3, -0.25) is 4.99 Å². The van der Waals surface area contributed by atoms with Gasteiger partial charge in [0.05, 0.1) is 27.0 Å². The topological polar surface area (TPSA) is 40.0 Å². The molecule has 0 amide bonds. The number of hydrogen-bond acceptors (Lipinski definition) is 4. The van der Waals surface area contributed by atoms with Crippen molar-refractivity contribution in [1.29, 1.82) is 0 Å². The van der Waals surface area contributed by atoms with Crippen LogP contribution in [0.15, 0.2) is 45.9 Å². The van der Waals surface area contributed by atoms with Gasteiger partial charge in [-0.2, -0.15) is 0 Å². The third kappa shape index (κ3) is 3.55. The van der Waals surface area contributed by atoms with Crippen LogP contribution in [0.4, 0.5) is 5.69 Å². The molecule has 0 heterocycles. The summed E-state index contributed by atoms with van der Waals surface area (Å²) in [6.45, 7) is 0. The second-order valence-electron chi connectivity index (χ2n) is 4.16. The van der Waals surface area contributed by atoms with Crippen LogP contribution < -0.4 is 14.2 Å². The highest BCUT2D eigenvalue weighted by Gasteiger charge is 2.12. The summed E-state index contributed by atoms with van der Waals surface area (Å²) in [6.07, 6.45) is 1.78. The largest absolute Gasteiger partial charge is 0.493 e. The Morgan fingerprint density at radius 3 is 2.10 bits per heavy atom. The van der Waals surface area contributed by atoms with E-state index in [1.54, 1.807) is 39.7 Å². The maximum absolute atomic E-state index is 5.31. The predicted octanol–water partition coefficient (Wildman–Crippen LogP) is 4.23. The van der Waals surface area contributed by atoms with Crippen LogP contribution in [0.5, 0.6) is 17.2 Å². The molecule has 4 nitrogen and oxygen atoms in total. The van der Waals surface area contributed by atoms with Gasteiger partial charge >= 0.3 is 0 Å². The lowest BCUT2D eigenvalue weighted by Gasteiger charge is -2.12. The fourth-order valence-electron chi connectivity index (χ4n) is 1.87. The van der Waals surface area contributed by atoms with Crippen LogP contribution in [0.3, 0.4) is 0 Å². The molecule has 0 aliphatic rings. The summed E-state index contributed by atoms with van der Waals surface area (Å²) in [7, 11) is 4.74. The van der Waals surface area contributed by atoms with Crippen LogP contribution in [0.1, 0.15) is 5.56 Å². The van der Waals surface area contributed by atoms with Crippen LogP contribution in [0.2, 0.25) is 0 Å². The molecule has 0 aliphatic carbocycles. The summed E-state index contributed by atoms with van der Waals surface area (Å²) >= 11 is 3.49. The minimum Gasteiger partial charge on any atom is -0.493 e. The van der Waals surface area contributed by atoms with Crippen molar-refractivity contribution in [2.45, 2.75) is 0 Å². The molecule has 2 aromatic rings. The lowest BCUT2D eigenvalue weighted by atomic mass is 10.2. The summed E-state index contributed by atoms with van der Waals surface area (Å²) in [5.41, 5.74) is 1.71. The standard InChI is InChI=1S/C16H16BrNO3/c1-19-14-8-12(9-15(20-2)16(14)21-3)18-10-11-6-4-5-7-13(11)17/h4-10H,1-3H3. The fraction of sp³-hybridized carbons (Fsp3) is 0.188. The molecule has 0 N–H and O–H groups in total. The zero-order valence-electron chi connectivity index (χ0n) is 12.1. The maximum atomic E-state index is 5.31. The van der Waals surface area contributed by atoms with Crippen molar-refractivity contribution in [2.24, 2.45) is 4.99 Å². The summed E-state index contributed by atoms with van der Waals surface area (Å²) in [6, 6.07) is 11.5. The zero-order chi connectivity index (χ0) is 15.2. The van der Waals surface area contributed by atoms with E-state index in [1.807, 2.05) is 24.3 Å². The molecular formula is C16H16BrNO3. The minimum atomic E-state index is 0.555. The molecule has 2 aromatic carbocycles. The molecule has 21 heavy (non-hydrogen) atoms. The smallest absolute Gasteiger partial charge is 0.203 e. The molecule has 0 aromatic heterocycles. The Hall–Kier alpha value is -2.01. The Morgan fingerprint density at radius 1 is 0.952 bits per heavy atom. The molecule has 5 heteroatoms. The first-order valence-corrected chi connectivity index (χ1v) is 7.07. The van der Waals surface area contributed by atoms with Crippen molar-refractivity contribution in [2.75, 3.05) is 21.3 Å². The number of ether oxygens (including phenoxy) is 3. The number of halogens is 1. The highest BCUT2D eigenvalue weighted by Crippen LogP contribution is 2.40. The number of rotatable bonds is 5. The van der Waals surface area contributed by atoms with Gasteiger partial charge in [0.2, 0.25) is 5.75 Å². The van der Waals surface area contributed by atoms with Gasteiger partial charge in [0.15, 0.2) is 11.5 Å². The number of nitrogens with zero attached hydrogens (tertiary/aromatic N) is 1. The van der Waals surface area contributed by atoms with E-state index < -0.39 is 0 Å². The maximum Gasteiger partial charge on any atom is 0.203 e. The molecule has 0 fully saturated rings. The van der Waals surface area contributed by atoms with Gasteiger partial charge in [-0.25, -0.2) is 0 Å². The van der Waals surface area contributed by atoms with Crippen LogP contribution in [0.25, 0.3) is 0 Å². The van der Waals surface area contributed by atoms with Crippen molar-refractivity contribution in [3.8, 4) is 17.2 Å². The molecule has 0 atom stereocenters. The highest BCUT2D eigenvalue weighted by molar-refractivity contribution is 9.10. The number of hydrogen-bond donors (Lipinski definition) is 0. The van der Waals surface area contributed by atoms with Gasteiger partial charge in [-0.15, -0.1) is 0 Å². The fourth-order valence-corrected chi connectivity index (χ4v) is 2.25. The molecular weight excluding hydrogens is 334 g/mol. The number of benzene rings is 2. The van der Waals surface area contributed by atoms with Gasteiger partial charge in [-0.05, 0) is 6.07 Å². The molecule has 0 radical (unpaired) electrons. The molecule has 2 rings (SSSR count). The molecule has 0 saturated carbocycles. The van der Waals surface area contributed by atoms with Crippen LogP contribution in [-0.4, -0.2) is 27.5 Å². The first-order valence-electron chi connectivity index (χ1n) is 6.28. The Kier molecular flexibility index (Phi) is 5.22. The van der Waals surface area contributed by atoms with Crippen molar-refractivity contribution < 1.29 is 14.2 Å². The third-order valence-corrected chi connectivity index (χ3v) is 3.63. The van der Waals surface area contributed by atoms with Gasteiger partial charge < -0.3 is 14.2 Å². The third-order valence-electron chi connectivity index (χ3n) is 2.91. The Bertz CT molecular complexity index is 631. The van der Waals surface area contributed by atoms with Gasteiger partial charge in [0, 0.05) is 28.4 Å². The van der Waals surface area contributed by atoms with E-state index >= 15 is 0 Å². The molecule has 0 aliphatic heterocycles. The van der Waals surface area contributed by atoms with Crippen LogP contribution >= 0.6 is 15.9 Å². The summed E-state index contributed by atoms with van der Waals surface area (Å²) in [5.74, 6) is 1.71. The van der Waals surface area contributed by atoms with E-state index in [-0.39, 0.29) is 0 Å². The minimum absolute atomic E-state index is 0.555. The van der Waals surface area contributed by atoms with Crippen LogP contribution in [-0.2, 0) is 0 Å². The second-order valence-corrected chi connectivity index (χ2v) is 5.02. The summed E-state index contributed by atoms with van der Waals surface area (Å²) < 4.78 is 16.9. The second kappa shape index (κ2) is 7.13. The van der Waals surface area contributed by atoms with E-state index in [0.717, 1.165) is 15.7 Å². The molecule has 0 saturated heterocycles. The Balaban J connectivity index is 2.39. The van der Waals surface area contributed by atoms with Crippen molar-refractivity contribution >= 4 is 27.8 Å². The quantitative estimate of drug-likeness (QED) is 0.758. The highest BCUT2D eigenvalue weighted by atomic mass is 79.9. The number of methoxy groups -OCH3 is 3.